The lowest BCUT2D eigenvalue weighted by Crippen LogP contribution is -2.34. The standard InChI is InChI=1S/C15H20FN3O/c1-3-18-15(20)11-19(2)10-13-7-12(5-4-6-17)8-14(16)9-13/h7-9H,3,6,10-11,17H2,1-2H3,(H,18,20). The van der Waals surface area contributed by atoms with Gasteiger partial charge < -0.3 is 11.1 Å². The fourth-order valence-corrected chi connectivity index (χ4v) is 1.83. The minimum absolute atomic E-state index is 0.0467. The molecule has 0 radical (unpaired) electrons. The normalized spacial score (nSPS) is 10.1. The van der Waals surface area contributed by atoms with Gasteiger partial charge in [-0.15, -0.1) is 0 Å². The summed E-state index contributed by atoms with van der Waals surface area (Å²) >= 11 is 0. The van der Waals surface area contributed by atoms with E-state index in [1.54, 1.807) is 6.07 Å². The number of rotatable bonds is 5. The summed E-state index contributed by atoms with van der Waals surface area (Å²) in [7, 11) is 1.81. The molecular formula is C15H20FN3O. The van der Waals surface area contributed by atoms with Crippen molar-refractivity contribution in [3.05, 3.63) is 35.1 Å². The molecule has 4 nitrogen and oxygen atoms in total. The predicted octanol–water partition coefficient (Wildman–Crippen LogP) is 0.704. The SMILES string of the molecule is CCNC(=O)CN(C)Cc1cc(F)cc(C#CCN)c1. The fourth-order valence-electron chi connectivity index (χ4n) is 1.83. The first-order valence-corrected chi connectivity index (χ1v) is 6.48. The van der Waals surface area contributed by atoms with Gasteiger partial charge in [0.1, 0.15) is 5.82 Å². The maximum Gasteiger partial charge on any atom is 0.234 e. The minimum atomic E-state index is -0.338. The van der Waals surface area contributed by atoms with Crippen LogP contribution in [0.25, 0.3) is 0 Å². The van der Waals surface area contributed by atoms with Gasteiger partial charge in [-0.2, -0.15) is 0 Å². The maximum atomic E-state index is 13.5. The van der Waals surface area contributed by atoms with Crippen molar-refractivity contribution in [2.75, 3.05) is 26.7 Å². The predicted molar refractivity (Wildman–Crippen MR) is 77.4 cm³/mol. The highest BCUT2D eigenvalue weighted by Gasteiger charge is 2.07. The van der Waals surface area contributed by atoms with E-state index in [0.717, 1.165) is 5.56 Å². The molecule has 0 atom stereocenters. The molecule has 1 rings (SSSR count). The zero-order valence-electron chi connectivity index (χ0n) is 11.9. The molecule has 0 unspecified atom stereocenters. The van der Waals surface area contributed by atoms with Crippen LogP contribution in [0, 0.1) is 17.7 Å². The van der Waals surface area contributed by atoms with Gasteiger partial charge in [-0.05, 0) is 37.7 Å². The molecule has 1 aromatic rings. The van der Waals surface area contributed by atoms with Crippen LogP contribution in [-0.4, -0.2) is 37.5 Å². The van der Waals surface area contributed by atoms with Crippen molar-refractivity contribution in [1.29, 1.82) is 0 Å². The van der Waals surface area contributed by atoms with E-state index in [1.807, 2.05) is 18.9 Å². The third-order valence-corrected chi connectivity index (χ3v) is 2.53. The topological polar surface area (TPSA) is 58.4 Å². The Morgan fingerprint density at radius 1 is 1.45 bits per heavy atom. The number of hydrogen-bond acceptors (Lipinski definition) is 3. The van der Waals surface area contributed by atoms with Crippen LogP contribution in [0.4, 0.5) is 4.39 Å². The lowest BCUT2D eigenvalue weighted by molar-refractivity contribution is -0.121. The first kappa shape index (κ1) is 16.2. The number of amides is 1. The van der Waals surface area contributed by atoms with Gasteiger partial charge in [0.2, 0.25) is 5.91 Å². The largest absolute Gasteiger partial charge is 0.355 e. The van der Waals surface area contributed by atoms with Crippen LogP contribution in [0.15, 0.2) is 18.2 Å². The van der Waals surface area contributed by atoms with Crippen LogP contribution < -0.4 is 11.1 Å². The smallest absolute Gasteiger partial charge is 0.234 e. The number of nitrogens with one attached hydrogen (secondary N) is 1. The van der Waals surface area contributed by atoms with Crippen molar-refractivity contribution in [2.45, 2.75) is 13.5 Å². The summed E-state index contributed by atoms with van der Waals surface area (Å²) in [4.78, 5) is 13.3. The number of likely N-dealkylation sites (N-methyl/N-ethyl adjacent to an activating group) is 2. The van der Waals surface area contributed by atoms with Crippen molar-refractivity contribution in [3.8, 4) is 11.8 Å². The second-order valence-corrected chi connectivity index (χ2v) is 4.48. The molecule has 0 aliphatic rings. The number of carbonyl (C=O) groups excluding carboxylic acids is 1. The van der Waals surface area contributed by atoms with Gasteiger partial charge in [-0.25, -0.2) is 4.39 Å². The lowest BCUT2D eigenvalue weighted by Gasteiger charge is -2.16. The highest BCUT2D eigenvalue weighted by atomic mass is 19.1. The number of hydrogen-bond donors (Lipinski definition) is 2. The Morgan fingerprint density at radius 3 is 2.85 bits per heavy atom. The molecule has 0 aromatic heterocycles. The van der Waals surface area contributed by atoms with E-state index < -0.39 is 0 Å². The van der Waals surface area contributed by atoms with Gasteiger partial charge in [0, 0.05) is 18.7 Å². The average Bonchev–Trinajstić information content (AvgIpc) is 2.35. The van der Waals surface area contributed by atoms with Crippen molar-refractivity contribution in [1.82, 2.24) is 10.2 Å². The first-order chi connectivity index (χ1) is 9.55. The first-order valence-electron chi connectivity index (χ1n) is 6.48. The molecule has 1 aromatic carbocycles. The molecule has 0 heterocycles. The Hall–Kier alpha value is -1.90. The van der Waals surface area contributed by atoms with E-state index in [4.69, 9.17) is 5.73 Å². The van der Waals surface area contributed by atoms with E-state index in [2.05, 4.69) is 17.2 Å². The van der Waals surface area contributed by atoms with Crippen LogP contribution >= 0.6 is 0 Å². The molecule has 0 spiro atoms. The van der Waals surface area contributed by atoms with Crippen LogP contribution in [-0.2, 0) is 11.3 Å². The molecule has 3 N–H and O–H groups in total. The van der Waals surface area contributed by atoms with Crippen molar-refractivity contribution < 1.29 is 9.18 Å². The van der Waals surface area contributed by atoms with Gasteiger partial charge in [-0.3, -0.25) is 9.69 Å². The van der Waals surface area contributed by atoms with Gasteiger partial charge in [0.25, 0.3) is 0 Å². The number of nitrogens with two attached hydrogens (primary N) is 1. The molecular weight excluding hydrogens is 257 g/mol. The third kappa shape index (κ3) is 5.83. The number of halogens is 1. The molecule has 0 aliphatic heterocycles. The Morgan fingerprint density at radius 2 is 2.20 bits per heavy atom. The maximum absolute atomic E-state index is 13.5. The lowest BCUT2D eigenvalue weighted by atomic mass is 10.1. The molecule has 1 amide bonds. The highest BCUT2D eigenvalue weighted by Crippen LogP contribution is 2.10. The molecule has 0 fully saturated rings. The average molecular weight is 277 g/mol. The summed E-state index contributed by atoms with van der Waals surface area (Å²) < 4.78 is 13.5. The van der Waals surface area contributed by atoms with Crippen LogP contribution in [0.1, 0.15) is 18.1 Å². The van der Waals surface area contributed by atoms with Crippen LogP contribution in [0.5, 0.6) is 0 Å². The van der Waals surface area contributed by atoms with E-state index in [0.29, 0.717) is 18.7 Å². The second kappa shape index (κ2) is 8.31. The molecule has 0 bridgehead atoms. The number of benzene rings is 1. The third-order valence-electron chi connectivity index (χ3n) is 2.53. The van der Waals surface area contributed by atoms with Gasteiger partial charge in [0.15, 0.2) is 0 Å². The Kier molecular flexibility index (Phi) is 6.71. The molecule has 5 heteroatoms. The molecule has 0 saturated heterocycles. The van der Waals surface area contributed by atoms with Gasteiger partial charge in [0.05, 0.1) is 13.1 Å². The van der Waals surface area contributed by atoms with Crippen LogP contribution in [0.2, 0.25) is 0 Å². The second-order valence-electron chi connectivity index (χ2n) is 4.48. The molecule has 0 aliphatic carbocycles. The summed E-state index contributed by atoms with van der Waals surface area (Å²) in [5.41, 5.74) is 6.67. The number of nitrogens with zero attached hydrogens (tertiary/aromatic N) is 1. The minimum Gasteiger partial charge on any atom is -0.355 e. The molecule has 20 heavy (non-hydrogen) atoms. The quantitative estimate of drug-likeness (QED) is 0.779. The van der Waals surface area contributed by atoms with E-state index in [-0.39, 0.29) is 24.8 Å². The zero-order chi connectivity index (χ0) is 15.0. The molecule has 0 saturated carbocycles. The van der Waals surface area contributed by atoms with Gasteiger partial charge in [-0.1, -0.05) is 11.8 Å². The number of carbonyl (C=O) groups is 1. The zero-order valence-corrected chi connectivity index (χ0v) is 11.9. The van der Waals surface area contributed by atoms with Crippen molar-refractivity contribution >= 4 is 5.91 Å². The van der Waals surface area contributed by atoms with E-state index >= 15 is 0 Å². The van der Waals surface area contributed by atoms with Gasteiger partial charge >= 0.3 is 0 Å². The molecule has 108 valence electrons. The summed E-state index contributed by atoms with van der Waals surface area (Å²) in [5.74, 6) is 5.12. The Bertz CT molecular complexity index is 520. The van der Waals surface area contributed by atoms with E-state index in [1.165, 1.54) is 12.1 Å². The van der Waals surface area contributed by atoms with Crippen molar-refractivity contribution in [2.24, 2.45) is 5.73 Å². The van der Waals surface area contributed by atoms with Crippen LogP contribution in [0.3, 0.4) is 0 Å². The monoisotopic (exact) mass is 277 g/mol. The summed E-state index contributed by atoms with van der Waals surface area (Å²) in [6.07, 6.45) is 0. The Labute approximate surface area is 119 Å². The van der Waals surface area contributed by atoms with E-state index in [9.17, 15) is 9.18 Å². The summed E-state index contributed by atoms with van der Waals surface area (Å²) in [5, 5.41) is 2.72. The van der Waals surface area contributed by atoms with Crippen molar-refractivity contribution in [3.63, 3.8) is 0 Å². The Balaban J connectivity index is 2.71. The summed E-state index contributed by atoms with van der Waals surface area (Å²) in [6, 6.07) is 4.62. The highest BCUT2D eigenvalue weighted by molar-refractivity contribution is 5.77. The summed E-state index contributed by atoms with van der Waals surface area (Å²) in [6.45, 7) is 3.46. The fraction of sp³-hybridized carbons (Fsp3) is 0.400.